The molecule has 9 nitrogen and oxygen atoms in total. The topological polar surface area (TPSA) is 118 Å². The fourth-order valence-electron chi connectivity index (χ4n) is 3.62. The standard InChI is InChI=1S/C24H24ClF3N6O3/c1-13-10-15(11-34-22(24(26,27)28)30-14(2)33-34)8-9-18(13)31-20(35)16-6-5-7-17(25)19(16)21(36)32-23(3,4)12-29-37/h5-10H,11-12H2,1-4H3,(H,31,35)(H,32,36). The summed E-state index contributed by atoms with van der Waals surface area (Å²) in [6, 6.07) is 9.12. The maximum Gasteiger partial charge on any atom is 0.451 e. The van der Waals surface area contributed by atoms with Crippen LogP contribution in [-0.4, -0.2) is 38.7 Å². The number of anilines is 1. The summed E-state index contributed by atoms with van der Waals surface area (Å²) >= 11 is 6.23. The molecular weight excluding hydrogens is 513 g/mol. The first-order valence-corrected chi connectivity index (χ1v) is 11.4. The van der Waals surface area contributed by atoms with Crippen LogP contribution in [0.15, 0.2) is 41.6 Å². The Morgan fingerprint density at radius 1 is 1.11 bits per heavy atom. The van der Waals surface area contributed by atoms with Gasteiger partial charge in [-0.3, -0.25) is 9.59 Å². The first-order chi connectivity index (χ1) is 17.2. The minimum absolute atomic E-state index is 0.0000953. The second-order valence-electron chi connectivity index (χ2n) is 9.03. The quantitative estimate of drug-likeness (QED) is 0.386. The number of hydrogen-bond acceptors (Lipinski definition) is 6. The van der Waals surface area contributed by atoms with Gasteiger partial charge >= 0.3 is 6.18 Å². The molecule has 0 aliphatic heterocycles. The summed E-state index contributed by atoms with van der Waals surface area (Å²) in [4.78, 5) is 40.1. The number of carbonyl (C=O) groups is 2. The van der Waals surface area contributed by atoms with E-state index < -0.39 is 29.4 Å². The van der Waals surface area contributed by atoms with Crippen molar-refractivity contribution in [1.29, 1.82) is 0 Å². The first-order valence-electron chi connectivity index (χ1n) is 11.0. The van der Waals surface area contributed by atoms with Gasteiger partial charge in [0, 0.05) is 5.69 Å². The molecule has 0 saturated heterocycles. The lowest BCUT2D eigenvalue weighted by atomic mass is 10.0. The fraction of sp³-hybridized carbons (Fsp3) is 0.333. The van der Waals surface area contributed by atoms with E-state index >= 15 is 0 Å². The molecule has 0 aliphatic carbocycles. The number of benzene rings is 2. The number of halogens is 4. The van der Waals surface area contributed by atoms with Crippen molar-refractivity contribution >= 4 is 29.1 Å². The van der Waals surface area contributed by atoms with Crippen molar-refractivity contribution in [2.75, 3.05) is 11.9 Å². The van der Waals surface area contributed by atoms with Gasteiger partial charge in [-0.1, -0.05) is 35.0 Å². The lowest BCUT2D eigenvalue weighted by molar-refractivity contribution is -0.147. The zero-order valence-electron chi connectivity index (χ0n) is 20.4. The molecule has 3 rings (SSSR count). The number of nitrogens with zero attached hydrogens (tertiary/aromatic N) is 4. The smallest absolute Gasteiger partial charge is 0.345 e. The molecule has 1 heterocycles. The number of carbonyl (C=O) groups excluding carboxylic acids is 2. The fourth-order valence-corrected chi connectivity index (χ4v) is 3.88. The minimum Gasteiger partial charge on any atom is -0.345 e. The summed E-state index contributed by atoms with van der Waals surface area (Å²) in [5.74, 6) is -2.37. The Hall–Kier alpha value is -3.80. The molecule has 0 spiro atoms. The van der Waals surface area contributed by atoms with Crippen molar-refractivity contribution in [2.45, 2.75) is 46.0 Å². The maximum absolute atomic E-state index is 13.2. The summed E-state index contributed by atoms with van der Waals surface area (Å²) in [6.45, 7) is 5.90. The van der Waals surface area contributed by atoms with Gasteiger partial charge in [0.2, 0.25) is 5.82 Å². The van der Waals surface area contributed by atoms with E-state index in [1.165, 1.54) is 25.1 Å². The lowest BCUT2D eigenvalue weighted by Gasteiger charge is -2.24. The number of amides is 2. The Labute approximate surface area is 215 Å². The van der Waals surface area contributed by atoms with Crippen molar-refractivity contribution < 1.29 is 22.8 Å². The second kappa shape index (κ2) is 10.7. The van der Waals surface area contributed by atoms with Crippen LogP contribution in [0, 0.1) is 18.8 Å². The number of alkyl halides is 3. The third-order valence-corrected chi connectivity index (χ3v) is 5.61. The van der Waals surface area contributed by atoms with Gasteiger partial charge in [-0.05, 0) is 57.0 Å². The van der Waals surface area contributed by atoms with Crippen LogP contribution in [0.4, 0.5) is 18.9 Å². The molecule has 3 aromatic rings. The number of hydrogen-bond donors (Lipinski definition) is 2. The molecule has 0 unspecified atom stereocenters. The van der Waals surface area contributed by atoms with E-state index in [-0.39, 0.29) is 35.1 Å². The van der Waals surface area contributed by atoms with Gasteiger partial charge in [-0.25, -0.2) is 9.67 Å². The van der Waals surface area contributed by atoms with E-state index in [0.717, 1.165) is 4.68 Å². The number of nitroso groups, excluding NO2 is 1. The Bertz CT molecular complexity index is 1350. The Kier molecular flexibility index (Phi) is 8.01. The van der Waals surface area contributed by atoms with Crippen LogP contribution in [0.1, 0.15) is 57.3 Å². The van der Waals surface area contributed by atoms with Crippen LogP contribution in [0.2, 0.25) is 5.02 Å². The van der Waals surface area contributed by atoms with E-state index in [1.807, 2.05) is 0 Å². The maximum atomic E-state index is 13.2. The molecule has 196 valence electrons. The summed E-state index contributed by atoms with van der Waals surface area (Å²) in [5.41, 5.74) is 0.429. The molecule has 2 N–H and O–H groups in total. The van der Waals surface area contributed by atoms with E-state index in [4.69, 9.17) is 11.6 Å². The SMILES string of the molecule is Cc1nc(C(F)(F)F)n(Cc2ccc(NC(=O)c3cccc(Cl)c3C(=O)NC(C)(C)CN=O)c(C)c2)n1. The molecular formula is C24H24ClF3N6O3. The van der Waals surface area contributed by atoms with Gasteiger partial charge in [0.25, 0.3) is 11.8 Å². The highest BCUT2D eigenvalue weighted by atomic mass is 35.5. The van der Waals surface area contributed by atoms with Gasteiger partial charge in [-0.2, -0.15) is 23.2 Å². The van der Waals surface area contributed by atoms with Gasteiger partial charge in [0.05, 0.1) is 28.2 Å². The molecule has 0 fully saturated rings. The molecule has 0 bridgehead atoms. The molecule has 13 heteroatoms. The van der Waals surface area contributed by atoms with Gasteiger partial charge in [-0.15, -0.1) is 0 Å². The van der Waals surface area contributed by atoms with Crippen molar-refractivity contribution in [3.63, 3.8) is 0 Å². The van der Waals surface area contributed by atoms with E-state index in [9.17, 15) is 27.7 Å². The highest BCUT2D eigenvalue weighted by Crippen LogP contribution is 2.29. The molecule has 2 aromatic carbocycles. The zero-order chi connectivity index (χ0) is 27.5. The largest absolute Gasteiger partial charge is 0.451 e. The first kappa shape index (κ1) is 27.8. The van der Waals surface area contributed by atoms with Crippen molar-refractivity contribution in [3.05, 3.63) is 80.2 Å². The highest BCUT2D eigenvalue weighted by Gasteiger charge is 2.37. The summed E-state index contributed by atoms with van der Waals surface area (Å²) in [5, 5.41) is 12.0. The molecule has 0 aliphatic rings. The van der Waals surface area contributed by atoms with E-state index in [1.54, 1.807) is 39.0 Å². The molecule has 0 saturated carbocycles. The number of nitrogens with one attached hydrogen (secondary N) is 2. The lowest BCUT2D eigenvalue weighted by Crippen LogP contribution is -2.46. The summed E-state index contributed by atoms with van der Waals surface area (Å²) in [6.07, 6.45) is -4.65. The summed E-state index contributed by atoms with van der Waals surface area (Å²) in [7, 11) is 0. The normalized spacial score (nSPS) is 11.8. The van der Waals surface area contributed by atoms with Crippen molar-refractivity contribution in [3.8, 4) is 0 Å². The van der Waals surface area contributed by atoms with Crippen LogP contribution in [0.5, 0.6) is 0 Å². The van der Waals surface area contributed by atoms with E-state index in [0.29, 0.717) is 16.8 Å². The predicted octanol–water partition coefficient (Wildman–Crippen LogP) is 5.14. The third-order valence-electron chi connectivity index (χ3n) is 5.30. The predicted molar refractivity (Wildman–Crippen MR) is 132 cm³/mol. The van der Waals surface area contributed by atoms with Crippen molar-refractivity contribution in [1.82, 2.24) is 20.1 Å². The number of aryl methyl sites for hydroxylation is 2. The molecule has 0 radical (unpaired) electrons. The monoisotopic (exact) mass is 536 g/mol. The van der Waals surface area contributed by atoms with Crippen LogP contribution in [-0.2, 0) is 12.7 Å². The van der Waals surface area contributed by atoms with Crippen molar-refractivity contribution in [2.24, 2.45) is 5.18 Å². The zero-order valence-corrected chi connectivity index (χ0v) is 21.2. The minimum atomic E-state index is -4.65. The average Bonchev–Trinajstić information content (AvgIpc) is 3.15. The molecule has 37 heavy (non-hydrogen) atoms. The average molecular weight is 537 g/mol. The molecule has 2 amide bonds. The molecule has 0 atom stereocenters. The number of rotatable bonds is 8. The molecule has 1 aromatic heterocycles. The third kappa shape index (κ3) is 6.70. The van der Waals surface area contributed by atoms with Gasteiger partial charge in [0.1, 0.15) is 12.4 Å². The summed E-state index contributed by atoms with van der Waals surface area (Å²) < 4.78 is 40.5. The number of aromatic nitrogens is 3. The van der Waals surface area contributed by atoms with E-state index in [2.05, 4.69) is 25.9 Å². The highest BCUT2D eigenvalue weighted by molar-refractivity contribution is 6.35. The van der Waals surface area contributed by atoms with Gasteiger partial charge < -0.3 is 10.6 Å². The Morgan fingerprint density at radius 2 is 1.81 bits per heavy atom. The van der Waals surface area contributed by atoms with Crippen LogP contribution in [0.25, 0.3) is 0 Å². The van der Waals surface area contributed by atoms with Gasteiger partial charge in [0.15, 0.2) is 0 Å². The van der Waals surface area contributed by atoms with Crippen LogP contribution in [0.3, 0.4) is 0 Å². The Balaban J connectivity index is 1.83. The van der Waals surface area contributed by atoms with Crippen LogP contribution < -0.4 is 10.6 Å². The second-order valence-corrected chi connectivity index (χ2v) is 9.44. The van der Waals surface area contributed by atoms with Crippen LogP contribution >= 0.6 is 11.6 Å². The Morgan fingerprint density at radius 3 is 2.43 bits per heavy atom.